The minimum atomic E-state index is -3.50. The van der Waals surface area contributed by atoms with Gasteiger partial charge in [0, 0.05) is 26.2 Å². The molecule has 19 heavy (non-hydrogen) atoms. The van der Waals surface area contributed by atoms with Gasteiger partial charge in [0.15, 0.2) is 0 Å². The maximum absolute atomic E-state index is 12.3. The third-order valence-electron chi connectivity index (χ3n) is 3.77. The first-order chi connectivity index (χ1) is 8.95. The van der Waals surface area contributed by atoms with Gasteiger partial charge in [0.2, 0.25) is 0 Å². The lowest BCUT2D eigenvalue weighted by Gasteiger charge is -2.32. The highest BCUT2D eigenvalue weighted by molar-refractivity contribution is 7.86. The van der Waals surface area contributed by atoms with E-state index in [1.165, 1.54) is 15.7 Å². The average Bonchev–Trinajstić information content (AvgIpc) is 2.85. The van der Waals surface area contributed by atoms with E-state index in [0.717, 1.165) is 0 Å². The van der Waals surface area contributed by atoms with Crippen LogP contribution in [0.15, 0.2) is 0 Å². The molecule has 2 aliphatic rings. The van der Waals surface area contributed by atoms with Crippen molar-refractivity contribution >= 4 is 16.2 Å². The second kappa shape index (κ2) is 5.74. The van der Waals surface area contributed by atoms with Crippen LogP contribution >= 0.6 is 0 Å². The number of aliphatic hydroxyl groups excluding tert-OH is 1. The number of piperidine rings is 1. The van der Waals surface area contributed by atoms with Gasteiger partial charge in [0.05, 0.1) is 19.1 Å². The van der Waals surface area contributed by atoms with Crippen molar-refractivity contribution in [2.24, 2.45) is 5.92 Å². The third kappa shape index (κ3) is 3.07. The smallest absolute Gasteiger partial charge is 0.308 e. The summed E-state index contributed by atoms with van der Waals surface area (Å²) in [5.74, 6) is -0.478. The molecule has 8 heteroatoms. The van der Waals surface area contributed by atoms with Gasteiger partial charge in [-0.25, -0.2) is 0 Å². The molecule has 0 amide bonds. The number of nitrogens with zero attached hydrogens (tertiary/aromatic N) is 2. The van der Waals surface area contributed by atoms with Crippen LogP contribution < -0.4 is 0 Å². The number of aliphatic hydroxyl groups is 1. The highest BCUT2D eigenvalue weighted by Crippen LogP contribution is 2.24. The zero-order valence-electron chi connectivity index (χ0n) is 11.0. The monoisotopic (exact) mass is 292 g/mol. The molecule has 0 bridgehead atoms. The fourth-order valence-corrected chi connectivity index (χ4v) is 4.27. The number of hydrogen-bond donors (Lipinski definition) is 1. The lowest BCUT2D eigenvalue weighted by atomic mass is 9.99. The summed E-state index contributed by atoms with van der Waals surface area (Å²) in [6.45, 7) is 1.18. The van der Waals surface area contributed by atoms with Crippen LogP contribution in [-0.4, -0.2) is 67.5 Å². The fraction of sp³-hybridized carbons (Fsp3) is 0.909. The van der Waals surface area contributed by atoms with Crippen molar-refractivity contribution in [1.29, 1.82) is 0 Å². The first kappa shape index (κ1) is 14.7. The number of rotatable bonds is 3. The SMILES string of the molecule is COC(=O)C1CCN(S(=O)(=O)N2CCC(O)C2)CC1. The summed E-state index contributed by atoms with van der Waals surface area (Å²) in [6.07, 6.45) is 0.894. The molecule has 2 fully saturated rings. The Morgan fingerprint density at radius 2 is 1.74 bits per heavy atom. The van der Waals surface area contributed by atoms with E-state index in [1.807, 2.05) is 0 Å². The number of carbonyl (C=O) groups excluding carboxylic acids is 1. The fourth-order valence-electron chi connectivity index (χ4n) is 2.57. The summed E-state index contributed by atoms with van der Waals surface area (Å²) in [4.78, 5) is 11.4. The van der Waals surface area contributed by atoms with Gasteiger partial charge in [-0.15, -0.1) is 0 Å². The van der Waals surface area contributed by atoms with E-state index in [4.69, 9.17) is 0 Å². The van der Waals surface area contributed by atoms with E-state index in [-0.39, 0.29) is 18.4 Å². The van der Waals surface area contributed by atoms with Crippen molar-refractivity contribution in [1.82, 2.24) is 8.61 Å². The number of hydrogen-bond acceptors (Lipinski definition) is 5. The zero-order chi connectivity index (χ0) is 14.0. The van der Waals surface area contributed by atoms with Crippen molar-refractivity contribution in [2.75, 3.05) is 33.3 Å². The Hall–Kier alpha value is -0.700. The van der Waals surface area contributed by atoms with E-state index in [1.54, 1.807) is 0 Å². The van der Waals surface area contributed by atoms with Crippen LogP contribution in [0.1, 0.15) is 19.3 Å². The standard InChI is InChI=1S/C11H20N2O5S/c1-18-11(15)9-2-5-12(6-3-9)19(16,17)13-7-4-10(14)8-13/h9-10,14H,2-8H2,1H3. The van der Waals surface area contributed by atoms with Gasteiger partial charge in [-0.2, -0.15) is 17.0 Å². The van der Waals surface area contributed by atoms with Crippen molar-refractivity contribution in [3.63, 3.8) is 0 Å². The Kier molecular flexibility index (Phi) is 4.44. The zero-order valence-corrected chi connectivity index (χ0v) is 11.8. The quantitative estimate of drug-likeness (QED) is 0.687. The van der Waals surface area contributed by atoms with E-state index in [2.05, 4.69) is 4.74 Å². The van der Waals surface area contributed by atoms with Crippen LogP contribution in [0.25, 0.3) is 0 Å². The summed E-state index contributed by atoms with van der Waals surface area (Å²) in [5.41, 5.74) is 0. The second-order valence-electron chi connectivity index (χ2n) is 5.00. The number of ether oxygens (including phenoxy) is 1. The van der Waals surface area contributed by atoms with Crippen molar-refractivity contribution in [2.45, 2.75) is 25.4 Å². The number of methoxy groups -OCH3 is 1. The molecule has 0 aromatic heterocycles. The predicted molar refractivity (Wildman–Crippen MR) is 67.4 cm³/mol. The lowest BCUT2D eigenvalue weighted by molar-refractivity contribution is -0.146. The molecule has 0 saturated carbocycles. The first-order valence-electron chi connectivity index (χ1n) is 6.46. The van der Waals surface area contributed by atoms with Crippen molar-refractivity contribution in [3.8, 4) is 0 Å². The first-order valence-corrected chi connectivity index (χ1v) is 7.86. The molecule has 0 aromatic carbocycles. The molecule has 0 aliphatic carbocycles. The second-order valence-corrected chi connectivity index (χ2v) is 6.93. The molecule has 2 saturated heterocycles. The Labute approximate surface area is 113 Å². The lowest BCUT2D eigenvalue weighted by Crippen LogP contribution is -2.47. The van der Waals surface area contributed by atoms with Gasteiger partial charge >= 0.3 is 5.97 Å². The highest BCUT2D eigenvalue weighted by Gasteiger charge is 2.37. The van der Waals surface area contributed by atoms with Gasteiger partial charge in [-0.1, -0.05) is 0 Å². The minimum Gasteiger partial charge on any atom is -0.469 e. The minimum absolute atomic E-state index is 0.166. The summed E-state index contributed by atoms with van der Waals surface area (Å²) in [6, 6.07) is 0. The maximum atomic E-state index is 12.3. The molecule has 7 nitrogen and oxygen atoms in total. The van der Waals surface area contributed by atoms with E-state index < -0.39 is 16.3 Å². The number of carbonyl (C=O) groups is 1. The molecule has 1 N–H and O–H groups in total. The molecule has 0 radical (unpaired) electrons. The van der Waals surface area contributed by atoms with Gasteiger partial charge in [0.1, 0.15) is 0 Å². The van der Waals surface area contributed by atoms with Crippen LogP contribution in [0.5, 0.6) is 0 Å². The summed E-state index contributed by atoms with van der Waals surface area (Å²) in [7, 11) is -2.15. The predicted octanol–water partition coefficient (Wildman–Crippen LogP) is -0.817. The molecule has 2 rings (SSSR count). The third-order valence-corrected chi connectivity index (χ3v) is 5.77. The van der Waals surface area contributed by atoms with Crippen LogP contribution in [0.3, 0.4) is 0 Å². The topological polar surface area (TPSA) is 87.2 Å². The van der Waals surface area contributed by atoms with Crippen LogP contribution in [-0.2, 0) is 19.7 Å². The van der Waals surface area contributed by atoms with E-state index in [9.17, 15) is 18.3 Å². The molecule has 2 aliphatic heterocycles. The van der Waals surface area contributed by atoms with Gasteiger partial charge in [0.25, 0.3) is 10.2 Å². The Bertz CT molecular complexity index is 430. The Morgan fingerprint density at radius 1 is 1.16 bits per heavy atom. The summed E-state index contributed by atoms with van der Waals surface area (Å²) in [5, 5.41) is 9.42. The average molecular weight is 292 g/mol. The Morgan fingerprint density at radius 3 is 2.21 bits per heavy atom. The van der Waals surface area contributed by atoms with E-state index in [0.29, 0.717) is 38.9 Å². The molecule has 0 spiro atoms. The molecular weight excluding hydrogens is 272 g/mol. The van der Waals surface area contributed by atoms with Crippen LogP contribution in [0.2, 0.25) is 0 Å². The van der Waals surface area contributed by atoms with Crippen molar-refractivity contribution < 1.29 is 23.1 Å². The molecule has 0 aromatic rings. The highest BCUT2D eigenvalue weighted by atomic mass is 32.2. The molecule has 110 valence electrons. The normalized spacial score (nSPS) is 27.6. The summed E-state index contributed by atoms with van der Waals surface area (Å²) < 4.78 is 32.0. The van der Waals surface area contributed by atoms with Gasteiger partial charge in [-0.3, -0.25) is 4.79 Å². The van der Waals surface area contributed by atoms with Gasteiger partial charge in [-0.05, 0) is 19.3 Å². The Balaban J connectivity index is 1.95. The van der Waals surface area contributed by atoms with Crippen LogP contribution in [0, 0.1) is 5.92 Å². The number of β-amino-alcohol motifs (C(OH)–C–C–N with tert-alkyl or cyclic N) is 1. The summed E-state index contributed by atoms with van der Waals surface area (Å²) >= 11 is 0. The molecule has 1 unspecified atom stereocenters. The largest absolute Gasteiger partial charge is 0.469 e. The maximum Gasteiger partial charge on any atom is 0.308 e. The van der Waals surface area contributed by atoms with Crippen molar-refractivity contribution in [3.05, 3.63) is 0 Å². The number of esters is 1. The molecule has 2 heterocycles. The van der Waals surface area contributed by atoms with Crippen LogP contribution in [0.4, 0.5) is 0 Å². The van der Waals surface area contributed by atoms with E-state index >= 15 is 0 Å². The van der Waals surface area contributed by atoms with Gasteiger partial charge < -0.3 is 9.84 Å². The molecular formula is C11H20N2O5S. The molecule has 1 atom stereocenters.